The highest BCUT2D eigenvalue weighted by Crippen LogP contribution is 2.26. The first-order valence-electron chi connectivity index (χ1n) is 7.45. The van der Waals surface area contributed by atoms with Gasteiger partial charge in [-0.15, -0.1) is 6.58 Å². The summed E-state index contributed by atoms with van der Waals surface area (Å²) in [6.07, 6.45) is 2.31. The third-order valence-electron chi connectivity index (χ3n) is 3.43. The van der Waals surface area contributed by atoms with E-state index < -0.39 is 11.7 Å². The van der Waals surface area contributed by atoms with Gasteiger partial charge >= 0.3 is 12.1 Å². The summed E-state index contributed by atoms with van der Waals surface area (Å²) < 4.78 is 10.6. The molecule has 1 amide bonds. The topological polar surface area (TPSA) is 64.6 Å². The fourth-order valence-electron chi connectivity index (χ4n) is 2.26. The predicted molar refractivity (Wildman–Crippen MR) is 80.8 cm³/mol. The van der Waals surface area contributed by atoms with Gasteiger partial charge in [-0.3, -0.25) is 4.79 Å². The van der Waals surface area contributed by atoms with Crippen molar-refractivity contribution in [3.05, 3.63) is 12.7 Å². The van der Waals surface area contributed by atoms with Crippen molar-refractivity contribution < 1.29 is 19.1 Å². The highest BCUT2D eigenvalue weighted by molar-refractivity contribution is 5.74. The molecule has 0 spiro atoms. The number of hydrogen-bond donors (Lipinski definition) is 1. The Kier molecular flexibility index (Phi) is 5.81. The average Bonchev–Trinajstić information content (AvgIpc) is 2.66. The third kappa shape index (κ3) is 5.78. The largest absolute Gasteiger partial charge is 0.460 e. The van der Waals surface area contributed by atoms with Crippen LogP contribution in [0.25, 0.3) is 0 Å². The van der Waals surface area contributed by atoms with E-state index in [1.807, 2.05) is 40.7 Å². The molecule has 120 valence electrons. The van der Waals surface area contributed by atoms with Gasteiger partial charge in [-0.1, -0.05) is 19.9 Å². The second-order valence-electron chi connectivity index (χ2n) is 6.81. The van der Waals surface area contributed by atoms with E-state index in [2.05, 4.69) is 11.9 Å². The Morgan fingerprint density at radius 2 is 2.19 bits per heavy atom. The van der Waals surface area contributed by atoms with Gasteiger partial charge in [-0.25, -0.2) is 4.79 Å². The zero-order chi connectivity index (χ0) is 16.2. The molecule has 0 bridgehead atoms. The van der Waals surface area contributed by atoms with Crippen LogP contribution in [0.1, 0.15) is 47.5 Å². The summed E-state index contributed by atoms with van der Waals surface area (Å²) in [4.78, 5) is 23.5. The van der Waals surface area contributed by atoms with Crippen molar-refractivity contribution in [2.75, 3.05) is 0 Å². The summed E-state index contributed by atoms with van der Waals surface area (Å²) in [5.74, 6) is -0.126. The number of amides is 1. The number of alkyl carbamates (subject to hydrolysis) is 1. The average molecular weight is 297 g/mol. The van der Waals surface area contributed by atoms with Crippen molar-refractivity contribution in [2.45, 2.75) is 65.2 Å². The van der Waals surface area contributed by atoms with E-state index in [0.717, 1.165) is 0 Å². The van der Waals surface area contributed by atoms with E-state index in [1.165, 1.54) is 0 Å². The molecule has 5 nitrogen and oxygen atoms in total. The SMILES string of the molecule is C=C[C@@H](C)CC(NC(=O)OC(C)(C)C)C1CC(C)C(=O)O1. The van der Waals surface area contributed by atoms with Crippen molar-refractivity contribution in [1.29, 1.82) is 0 Å². The third-order valence-corrected chi connectivity index (χ3v) is 3.43. The Morgan fingerprint density at radius 1 is 1.57 bits per heavy atom. The molecule has 0 aromatic rings. The maximum Gasteiger partial charge on any atom is 0.408 e. The van der Waals surface area contributed by atoms with Gasteiger partial charge in [0.2, 0.25) is 0 Å². The molecule has 3 unspecified atom stereocenters. The Bertz CT molecular complexity index is 400. The van der Waals surface area contributed by atoms with Crippen LogP contribution in [0.4, 0.5) is 4.79 Å². The van der Waals surface area contributed by atoms with E-state index >= 15 is 0 Å². The quantitative estimate of drug-likeness (QED) is 0.626. The first-order chi connectivity index (χ1) is 9.62. The number of rotatable bonds is 5. The summed E-state index contributed by atoms with van der Waals surface area (Å²) in [6.45, 7) is 13.0. The fourth-order valence-corrected chi connectivity index (χ4v) is 2.26. The van der Waals surface area contributed by atoms with Gasteiger partial charge in [0.05, 0.1) is 12.0 Å². The number of cyclic esters (lactones) is 1. The molecule has 4 atom stereocenters. The number of hydrogen-bond acceptors (Lipinski definition) is 4. The van der Waals surface area contributed by atoms with Gasteiger partial charge in [-0.05, 0) is 39.5 Å². The fraction of sp³-hybridized carbons (Fsp3) is 0.750. The first kappa shape index (κ1) is 17.5. The lowest BCUT2D eigenvalue weighted by Gasteiger charge is -2.27. The summed E-state index contributed by atoms with van der Waals surface area (Å²) in [7, 11) is 0. The van der Waals surface area contributed by atoms with Crippen LogP contribution in [0.3, 0.4) is 0 Å². The molecule has 1 saturated heterocycles. The maximum atomic E-state index is 12.0. The summed E-state index contributed by atoms with van der Waals surface area (Å²) in [5.41, 5.74) is -0.557. The van der Waals surface area contributed by atoms with Gasteiger partial charge in [-0.2, -0.15) is 0 Å². The minimum absolute atomic E-state index is 0.128. The molecular formula is C16H27NO4. The van der Waals surface area contributed by atoms with Crippen molar-refractivity contribution in [1.82, 2.24) is 5.32 Å². The highest BCUT2D eigenvalue weighted by atomic mass is 16.6. The van der Waals surface area contributed by atoms with Crippen LogP contribution in [0.2, 0.25) is 0 Å². The highest BCUT2D eigenvalue weighted by Gasteiger charge is 2.37. The second kappa shape index (κ2) is 6.96. The molecule has 0 saturated carbocycles. The Balaban J connectivity index is 2.71. The van der Waals surface area contributed by atoms with Crippen molar-refractivity contribution in [3.8, 4) is 0 Å². The van der Waals surface area contributed by atoms with Crippen LogP contribution in [0.5, 0.6) is 0 Å². The van der Waals surface area contributed by atoms with E-state index in [1.54, 1.807) is 0 Å². The molecule has 1 aliphatic heterocycles. The summed E-state index contributed by atoms with van der Waals surface area (Å²) in [6, 6.07) is -0.262. The first-order valence-corrected chi connectivity index (χ1v) is 7.45. The molecule has 1 fully saturated rings. The van der Waals surface area contributed by atoms with E-state index in [0.29, 0.717) is 12.8 Å². The summed E-state index contributed by atoms with van der Waals surface area (Å²) >= 11 is 0. The number of ether oxygens (including phenoxy) is 2. The lowest BCUT2D eigenvalue weighted by atomic mass is 9.94. The molecule has 0 radical (unpaired) electrons. The molecule has 5 heteroatoms. The monoisotopic (exact) mass is 297 g/mol. The van der Waals surface area contributed by atoms with Crippen LogP contribution in [0.15, 0.2) is 12.7 Å². The van der Waals surface area contributed by atoms with Gasteiger partial charge in [0.1, 0.15) is 11.7 Å². The van der Waals surface area contributed by atoms with Crippen LogP contribution in [0, 0.1) is 11.8 Å². The van der Waals surface area contributed by atoms with E-state index in [4.69, 9.17) is 9.47 Å². The predicted octanol–water partition coefficient (Wildman–Crippen LogP) is 3.04. The number of allylic oxidation sites excluding steroid dienone is 1. The lowest BCUT2D eigenvalue weighted by molar-refractivity contribution is -0.145. The zero-order valence-corrected chi connectivity index (χ0v) is 13.6. The molecular weight excluding hydrogens is 270 g/mol. The zero-order valence-electron chi connectivity index (χ0n) is 13.6. The molecule has 0 aliphatic carbocycles. The lowest BCUT2D eigenvalue weighted by Crippen LogP contribution is -2.46. The normalized spacial score (nSPS) is 24.9. The summed E-state index contributed by atoms with van der Waals surface area (Å²) in [5, 5.41) is 2.84. The number of esters is 1. The molecule has 1 aliphatic rings. The molecule has 1 heterocycles. The van der Waals surface area contributed by atoms with Crippen molar-refractivity contribution >= 4 is 12.1 Å². The van der Waals surface area contributed by atoms with Crippen molar-refractivity contribution in [3.63, 3.8) is 0 Å². The second-order valence-corrected chi connectivity index (χ2v) is 6.81. The van der Waals surface area contributed by atoms with Gasteiger partial charge < -0.3 is 14.8 Å². The number of nitrogens with one attached hydrogen (secondary N) is 1. The van der Waals surface area contributed by atoms with Crippen LogP contribution in [-0.4, -0.2) is 29.8 Å². The molecule has 1 N–H and O–H groups in total. The van der Waals surface area contributed by atoms with Gasteiger partial charge in [0.25, 0.3) is 0 Å². The number of carbonyl (C=O) groups excluding carboxylic acids is 2. The Labute approximate surface area is 127 Å². The molecule has 0 aromatic heterocycles. The van der Waals surface area contributed by atoms with Crippen LogP contribution >= 0.6 is 0 Å². The minimum atomic E-state index is -0.557. The van der Waals surface area contributed by atoms with Gasteiger partial charge in [0, 0.05) is 0 Å². The molecule has 1 rings (SSSR count). The molecule has 21 heavy (non-hydrogen) atoms. The molecule has 0 aromatic carbocycles. The van der Waals surface area contributed by atoms with E-state index in [-0.39, 0.29) is 30.0 Å². The maximum absolute atomic E-state index is 12.0. The Morgan fingerprint density at radius 3 is 2.62 bits per heavy atom. The van der Waals surface area contributed by atoms with Crippen molar-refractivity contribution in [2.24, 2.45) is 11.8 Å². The standard InChI is InChI=1S/C16H27NO4/c1-7-10(2)8-12(13-9-11(3)14(18)20-13)17-15(19)21-16(4,5)6/h7,10-13H,1,8-9H2,2-6H3,(H,17,19)/t10-,11?,12?,13?/m1/s1. The number of carbonyl (C=O) groups is 2. The minimum Gasteiger partial charge on any atom is -0.460 e. The smallest absolute Gasteiger partial charge is 0.408 e. The van der Waals surface area contributed by atoms with Crippen LogP contribution in [-0.2, 0) is 14.3 Å². The Hall–Kier alpha value is -1.52. The van der Waals surface area contributed by atoms with E-state index in [9.17, 15) is 9.59 Å². The van der Waals surface area contributed by atoms with Gasteiger partial charge in [0.15, 0.2) is 0 Å². The van der Waals surface area contributed by atoms with Crippen LogP contribution < -0.4 is 5.32 Å².